The third-order valence-corrected chi connectivity index (χ3v) is 3.94. The molecule has 0 unspecified atom stereocenters. The van der Waals surface area contributed by atoms with E-state index in [-0.39, 0.29) is 50.9 Å². The van der Waals surface area contributed by atoms with Crippen molar-refractivity contribution in [1.29, 1.82) is 15.8 Å². The van der Waals surface area contributed by atoms with E-state index in [1.165, 1.54) is 12.1 Å². The number of nitrogens with zero attached hydrogens (tertiary/aromatic N) is 8. The quantitative estimate of drug-likeness (QED) is 0.352. The SMILES string of the molecule is [C-]#[N+]/C(C#N)=C1/c2nc3nc(C#N)c(C#N)nc3nc2-c2cccc(F)c21. The van der Waals surface area contributed by atoms with Gasteiger partial charge in [0, 0.05) is 16.7 Å². The normalized spacial score (nSPS) is 12.9. The fourth-order valence-electron chi connectivity index (χ4n) is 2.86. The lowest BCUT2D eigenvalue weighted by atomic mass is 10.0. The van der Waals surface area contributed by atoms with Crippen molar-refractivity contribution < 1.29 is 4.39 Å². The number of nitriles is 3. The molecule has 122 valence electrons. The summed E-state index contributed by atoms with van der Waals surface area (Å²) in [6.07, 6.45) is 0. The van der Waals surface area contributed by atoms with Crippen molar-refractivity contribution in [3.63, 3.8) is 0 Å². The van der Waals surface area contributed by atoms with Crippen LogP contribution in [0.4, 0.5) is 4.39 Å². The van der Waals surface area contributed by atoms with Crippen molar-refractivity contribution in [1.82, 2.24) is 19.9 Å². The molecule has 4 rings (SSSR count). The van der Waals surface area contributed by atoms with Crippen LogP contribution in [0, 0.1) is 46.4 Å². The molecule has 9 heteroatoms. The molecule has 0 saturated carbocycles. The highest BCUT2D eigenvalue weighted by atomic mass is 19.1. The van der Waals surface area contributed by atoms with Gasteiger partial charge in [0.2, 0.25) is 0 Å². The molecule has 1 aliphatic carbocycles. The van der Waals surface area contributed by atoms with Gasteiger partial charge >= 0.3 is 0 Å². The molecule has 0 spiro atoms. The molecule has 27 heavy (non-hydrogen) atoms. The second-order valence-corrected chi connectivity index (χ2v) is 5.32. The molecule has 2 heterocycles. The van der Waals surface area contributed by atoms with Crippen LogP contribution in [0.1, 0.15) is 22.6 Å². The minimum Gasteiger partial charge on any atom is -0.226 e. The van der Waals surface area contributed by atoms with Crippen molar-refractivity contribution >= 4 is 16.9 Å². The van der Waals surface area contributed by atoms with Crippen molar-refractivity contribution in [3.05, 3.63) is 63.8 Å². The first kappa shape index (κ1) is 15.8. The van der Waals surface area contributed by atoms with Crippen molar-refractivity contribution in [2.45, 2.75) is 0 Å². The number of rotatable bonds is 0. The van der Waals surface area contributed by atoms with E-state index >= 15 is 0 Å². The smallest absolute Gasteiger partial charge is 0.226 e. The number of allylic oxidation sites excluding steroid dienone is 1. The molecule has 0 fully saturated rings. The van der Waals surface area contributed by atoms with Crippen LogP contribution in [-0.4, -0.2) is 19.9 Å². The van der Waals surface area contributed by atoms with E-state index in [1.807, 2.05) is 0 Å². The summed E-state index contributed by atoms with van der Waals surface area (Å²) in [5.74, 6) is -0.626. The van der Waals surface area contributed by atoms with Gasteiger partial charge in [-0.05, 0) is 6.07 Å². The zero-order valence-corrected chi connectivity index (χ0v) is 13.2. The second kappa shape index (κ2) is 5.67. The molecule has 1 aliphatic rings. The number of benzene rings is 1. The first-order chi connectivity index (χ1) is 13.1. The average Bonchev–Trinajstić information content (AvgIpc) is 3.01. The largest absolute Gasteiger partial charge is 0.271 e. The van der Waals surface area contributed by atoms with Crippen LogP contribution in [0.25, 0.3) is 33.0 Å². The van der Waals surface area contributed by atoms with Gasteiger partial charge in [-0.15, -0.1) is 0 Å². The molecular weight excluding hydrogens is 347 g/mol. The zero-order chi connectivity index (χ0) is 19.1. The molecule has 3 aromatic rings. The number of fused-ring (bicyclic) bond motifs is 4. The van der Waals surface area contributed by atoms with Crippen LogP contribution in [-0.2, 0) is 0 Å². The first-order valence-electron chi connectivity index (χ1n) is 7.34. The Hall–Kier alpha value is -4.73. The summed E-state index contributed by atoms with van der Waals surface area (Å²) in [6.45, 7) is 7.22. The summed E-state index contributed by atoms with van der Waals surface area (Å²) in [5.41, 5.74) is -0.0374. The highest BCUT2D eigenvalue weighted by Gasteiger charge is 2.32. The Morgan fingerprint density at radius 2 is 1.59 bits per heavy atom. The van der Waals surface area contributed by atoms with E-state index in [0.29, 0.717) is 5.56 Å². The van der Waals surface area contributed by atoms with E-state index < -0.39 is 5.82 Å². The Kier molecular flexibility index (Phi) is 3.31. The van der Waals surface area contributed by atoms with Crippen LogP contribution in [0.15, 0.2) is 23.9 Å². The molecule has 0 saturated heterocycles. The Morgan fingerprint density at radius 3 is 2.15 bits per heavy atom. The summed E-state index contributed by atoms with van der Waals surface area (Å²) >= 11 is 0. The molecule has 0 atom stereocenters. The fourth-order valence-corrected chi connectivity index (χ4v) is 2.86. The van der Waals surface area contributed by atoms with Crippen LogP contribution < -0.4 is 0 Å². The standard InChI is InChI=1S/C18H3FN8/c1-23-12(7-22)14-13-8(3-2-4-9(13)19)15-16(14)27-18-17(26-15)24-10(5-20)11(6-21)25-18/h2-4H/b14-12+. The van der Waals surface area contributed by atoms with Gasteiger partial charge in [-0.1, -0.05) is 12.1 Å². The van der Waals surface area contributed by atoms with Crippen molar-refractivity contribution in [3.8, 4) is 29.5 Å². The Balaban J connectivity index is 2.18. The van der Waals surface area contributed by atoms with Crippen LogP contribution in [0.3, 0.4) is 0 Å². The maximum Gasteiger partial charge on any atom is 0.271 e. The Morgan fingerprint density at radius 1 is 0.963 bits per heavy atom. The van der Waals surface area contributed by atoms with Gasteiger partial charge in [0.1, 0.15) is 18.0 Å². The highest BCUT2D eigenvalue weighted by Crippen LogP contribution is 2.45. The highest BCUT2D eigenvalue weighted by molar-refractivity contribution is 6.02. The molecule has 0 aliphatic heterocycles. The molecule has 0 N–H and O–H groups in total. The Labute approximate surface area is 150 Å². The van der Waals surface area contributed by atoms with E-state index in [2.05, 4.69) is 24.8 Å². The lowest BCUT2D eigenvalue weighted by Crippen LogP contribution is -2.02. The summed E-state index contributed by atoms with van der Waals surface area (Å²) in [5, 5.41) is 27.5. The van der Waals surface area contributed by atoms with Crippen LogP contribution in [0.5, 0.6) is 0 Å². The van der Waals surface area contributed by atoms with Crippen LogP contribution >= 0.6 is 0 Å². The number of hydrogen-bond acceptors (Lipinski definition) is 7. The van der Waals surface area contributed by atoms with Crippen LogP contribution in [0.2, 0.25) is 0 Å². The fraction of sp³-hybridized carbons (Fsp3) is 0. The van der Waals surface area contributed by atoms with Crippen molar-refractivity contribution in [2.24, 2.45) is 0 Å². The maximum atomic E-state index is 14.5. The summed E-state index contributed by atoms with van der Waals surface area (Å²) in [4.78, 5) is 19.7. The minimum atomic E-state index is -0.626. The average molecular weight is 350 g/mol. The second-order valence-electron chi connectivity index (χ2n) is 5.32. The minimum absolute atomic E-state index is 0.00193. The predicted octanol–water partition coefficient (Wildman–Crippen LogP) is 2.48. The lowest BCUT2D eigenvalue weighted by Gasteiger charge is -2.04. The van der Waals surface area contributed by atoms with Gasteiger partial charge in [-0.3, -0.25) is 0 Å². The third kappa shape index (κ3) is 2.10. The van der Waals surface area contributed by atoms with E-state index in [9.17, 15) is 9.65 Å². The van der Waals surface area contributed by atoms with Gasteiger partial charge in [0.05, 0.1) is 24.0 Å². The van der Waals surface area contributed by atoms with E-state index in [0.717, 1.165) is 0 Å². The van der Waals surface area contributed by atoms with Crippen molar-refractivity contribution in [2.75, 3.05) is 0 Å². The molecule has 2 aromatic heterocycles. The number of aromatic nitrogens is 4. The topological polar surface area (TPSA) is 127 Å². The zero-order valence-electron chi connectivity index (χ0n) is 13.2. The first-order valence-corrected chi connectivity index (χ1v) is 7.34. The van der Waals surface area contributed by atoms with E-state index in [4.69, 9.17) is 17.1 Å². The lowest BCUT2D eigenvalue weighted by molar-refractivity contribution is 0.625. The monoisotopic (exact) mass is 350 g/mol. The van der Waals surface area contributed by atoms with E-state index in [1.54, 1.807) is 24.3 Å². The molecule has 0 amide bonds. The molecule has 8 nitrogen and oxygen atoms in total. The molecule has 0 radical (unpaired) electrons. The molecule has 1 aromatic carbocycles. The molecular formula is C18H3FN8. The summed E-state index contributed by atoms with van der Waals surface area (Å²) in [6, 6.07) is 9.54. The van der Waals surface area contributed by atoms with Gasteiger partial charge < -0.3 is 0 Å². The third-order valence-electron chi connectivity index (χ3n) is 3.94. The number of halogens is 1. The van der Waals surface area contributed by atoms with Gasteiger partial charge in [-0.2, -0.15) is 10.5 Å². The predicted molar refractivity (Wildman–Crippen MR) is 88.2 cm³/mol. The molecule has 0 bridgehead atoms. The van der Waals surface area contributed by atoms with Gasteiger partial charge in [0.15, 0.2) is 22.7 Å². The van der Waals surface area contributed by atoms with Gasteiger partial charge in [0.25, 0.3) is 5.70 Å². The number of hydrogen-bond donors (Lipinski definition) is 0. The summed E-state index contributed by atoms with van der Waals surface area (Å²) in [7, 11) is 0. The Bertz CT molecular complexity index is 1360. The van der Waals surface area contributed by atoms with Gasteiger partial charge in [-0.25, -0.2) is 34.4 Å². The maximum absolute atomic E-state index is 14.5. The summed E-state index contributed by atoms with van der Waals surface area (Å²) < 4.78 is 14.5.